The number of hydrogen-bond donors (Lipinski definition) is 0. The van der Waals surface area contributed by atoms with Crippen molar-refractivity contribution in [2.24, 2.45) is 0 Å². The summed E-state index contributed by atoms with van der Waals surface area (Å²) >= 11 is 1.37. The van der Waals surface area contributed by atoms with Gasteiger partial charge in [-0.15, -0.1) is 0 Å². The third-order valence-electron chi connectivity index (χ3n) is 1.48. The number of rotatable bonds is 2. The first-order valence-electron chi connectivity index (χ1n) is 3.90. The molecule has 0 aliphatic carbocycles. The lowest BCUT2D eigenvalue weighted by Crippen LogP contribution is -1.83. The topological polar surface area (TPSA) is 38.7 Å². The van der Waals surface area contributed by atoms with Crippen molar-refractivity contribution in [1.29, 1.82) is 0 Å². The third-order valence-corrected chi connectivity index (χ3v) is 2.42. The van der Waals surface area contributed by atoms with E-state index in [0.717, 1.165) is 9.92 Å². The van der Waals surface area contributed by atoms with Gasteiger partial charge in [0.05, 0.1) is 0 Å². The van der Waals surface area contributed by atoms with E-state index >= 15 is 0 Å². The largest absolute Gasteiger partial charge is 0.245 e. The zero-order chi connectivity index (χ0) is 9.80. The SMILES string of the molecule is Fc1cc(Sc2ccncn2)ccn1. The van der Waals surface area contributed by atoms with E-state index in [4.69, 9.17) is 0 Å². The highest BCUT2D eigenvalue weighted by atomic mass is 32.2. The summed E-state index contributed by atoms with van der Waals surface area (Å²) in [5, 5.41) is 0.783. The number of nitrogens with zero attached hydrogens (tertiary/aromatic N) is 3. The van der Waals surface area contributed by atoms with Crippen LogP contribution in [0, 0.1) is 5.95 Å². The molecule has 2 aromatic rings. The molecular weight excluding hydrogens is 201 g/mol. The molecule has 0 amide bonds. The van der Waals surface area contributed by atoms with E-state index < -0.39 is 5.95 Å². The molecule has 70 valence electrons. The highest BCUT2D eigenvalue weighted by molar-refractivity contribution is 7.99. The number of aromatic nitrogens is 3. The van der Waals surface area contributed by atoms with Crippen LogP contribution in [0.3, 0.4) is 0 Å². The zero-order valence-electron chi connectivity index (χ0n) is 7.09. The molecule has 14 heavy (non-hydrogen) atoms. The molecule has 0 fully saturated rings. The van der Waals surface area contributed by atoms with Gasteiger partial charge in [-0.2, -0.15) is 4.39 Å². The Morgan fingerprint density at radius 2 is 2.07 bits per heavy atom. The highest BCUT2D eigenvalue weighted by Gasteiger charge is 1.99. The van der Waals surface area contributed by atoms with Gasteiger partial charge in [0.1, 0.15) is 11.4 Å². The van der Waals surface area contributed by atoms with Gasteiger partial charge in [-0.05, 0) is 12.1 Å². The lowest BCUT2D eigenvalue weighted by Gasteiger charge is -1.98. The van der Waals surface area contributed by atoms with Crippen LogP contribution in [0.1, 0.15) is 0 Å². The first kappa shape index (κ1) is 9.08. The maximum absolute atomic E-state index is 12.7. The molecule has 0 saturated carbocycles. The summed E-state index contributed by atoms with van der Waals surface area (Å²) in [6.45, 7) is 0. The molecule has 0 aromatic carbocycles. The van der Waals surface area contributed by atoms with Crippen LogP contribution in [0.4, 0.5) is 4.39 Å². The van der Waals surface area contributed by atoms with Crippen LogP contribution in [0.2, 0.25) is 0 Å². The van der Waals surface area contributed by atoms with Crippen LogP contribution in [0.25, 0.3) is 0 Å². The Labute approximate surface area is 84.4 Å². The highest BCUT2D eigenvalue weighted by Crippen LogP contribution is 2.24. The van der Waals surface area contributed by atoms with Crippen LogP contribution in [0.15, 0.2) is 46.8 Å². The second-order valence-electron chi connectivity index (χ2n) is 2.46. The van der Waals surface area contributed by atoms with E-state index in [1.807, 2.05) is 0 Å². The van der Waals surface area contributed by atoms with Crippen molar-refractivity contribution in [3.8, 4) is 0 Å². The quantitative estimate of drug-likeness (QED) is 0.558. The molecule has 0 bridgehead atoms. The smallest absolute Gasteiger partial charge is 0.213 e. The van der Waals surface area contributed by atoms with Gasteiger partial charge in [0.25, 0.3) is 0 Å². The monoisotopic (exact) mass is 207 g/mol. The van der Waals surface area contributed by atoms with Gasteiger partial charge < -0.3 is 0 Å². The first-order valence-corrected chi connectivity index (χ1v) is 4.72. The second-order valence-corrected chi connectivity index (χ2v) is 3.56. The number of hydrogen-bond acceptors (Lipinski definition) is 4. The van der Waals surface area contributed by atoms with E-state index in [1.54, 1.807) is 18.3 Å². The van der Waals surface area contributed by atoms with Gasteiger partial charge >= 0.3 is 0 Å². The Kier molecular flexibility index (Phi) is 2.69. The van der Waals surface area contributed by atoms with Gasteiger partial charge in [0.15, 0.2) is 0 Å². The van der Waals surface area contributed by atoms with Crippen LogP contribution >= 0.6 is 11.8 Å². The fourth-order valence-corrected chi connectivity index (χ4v) is 1.66. The van der Waals surface area contributed by atoms with E-state index in [0.29, 0.717) is 0 Å². The minimum Gasteiger partial charge on any atom is -0.245 e. The van der Waals surface area contributed by atoms with E-state index in [1.165, 1.54) is 30.4 Å². The van der Waals surface area contributed by atoms with Crippen molar-refractivity contribution in [3.05, 3.63) is 42.9 Å². The predicted molar refractivity (Wildman–Crippen MR) is 50.4 cm³/mol. The summed E-state index contributed by atoms with van der Waals surface area (Å²) in [5.41, 5.74) is 0. The zero-order valence-corrected chi connectivity index (χ0v) is 7.91. The molecule has 0 radical (unpaired) electrons. The van der Waals surface area contributed by atoms with E-state index in [2.05, 4.69) is 15.0 Å². The summed E-state index contributed by atoms with van der Waals surface area (Å²) in [6, 6.07) is 4.87. The normalized spacial score (nSPS) is 10.1. The molecule has 2 aromatic heterocycles. The van der Waals surface area contributed by atoms with Gasteiger partial charge in [-0.1, -0.05) is 11.8 Å². The van der Waals surface area contributed by atoms with Crippen molar-refractivity contribution in [2.45, 2.75) is 9.92 Å². The average molecular weight is 207 g/mol. The molecule has 2 rings (SSSR count). The van der Waals surface area contributed by atoms with Crippen molar-refractivity contribution in [1.82, 2.24) is 15.0 Å². The molecule has 2 heterocycles. The first-order chi connectivity index (χ1) is 6.84. The third kappa shape index (κ3) is 2.26. The Morgan fingerprint density at radius 3 is 2.79 bits per heavy atom. The molecule has 0 unspecified atom stereocenters. The molecular formula is C9H6FN3S. The van der Waals surface area contributed by atoms with Gasteiger partial charge in [0, 0.05) is 23.4 Å². The molecule has 0 N–H and O–H groups in total. The van der Waals surface area contributed by atoms with Gasteiger partial charge in [-0.3, -0.25) is 0 Å². The summed E-state index contributed by atoms with van der Waals surface area (Å²) in [6.07, 6.45) is 4.53. The molecule has 0 spiro atoms. The van der Waals surface area contributed by atoms with Crippen LogP contribution in [-0.4, -0.2) is 15.0 Å². The number of pyridine rings is 1. The fraction of sp³-hybridized carbons (Fsp3) is 0. The van der Waals surface area contributed by atoms with E-state index in [-0.39, 0.29) is 0 Å². The summed E-state index contributed by atoms with van der Waals surface area (Å²) in [7, 11) is 0. The number of halogens is 1. The predicted octanol–water partition coefficient (Wildman–Crippen LogP) is 2.16. The molecule has 0 saturated heterocycles. The maximum atomic E-state index is 12.7. The minimum absolute atomic E-state index is 0.482. The lowest BCUT2D eigenvalue weighted by molar-refractivity contribution is 0.579. The summed E-state index contributed by atoms with van der Waals surface area (Å²) < 4.78 is 12.7. The van der Waals surface area contributed by atoms with Crippen LogP contribution < -0.4 is 0 Å². The van der Waals surface area contributed by atoms with Crippen molar-refractivity contribution < 1.29 is 4.39 Å². The Morgan fingerprint density at radius 1 is 1.14 bits per heavy atom. The molecule has 5 heteroatoms. The Balaban J connectivity index is 2.19. The van der Waals surface area contributed by atoms with E-state index in [9.17, 15) is 4.39 Å². The average Bonchev–Trinajstić information content (AvgIpc) is 2.19. The second kappa shape index (κ2) is 4.15. The summed E-state index contributed by atoms with van der Waals surface area (Å²) in [5.74, 6) is -0.482. The molecule has 0 atom stereocenters. The van der Waals surface area contributed by atoms with Crippen LogP contribution in [-0.2, 0) is 0 Å². The Bertz CT molecular complexity index is 421. The standard InChI is InChI=1S/C9H6FN3S/c10-8-5-7(1-4-12-8)14-9-2-3-11-6-13-9/h1-6H. The lowest BCUT2D eigenvalue weighted by atomic mass is 10.5. The molecule has 0 aliphatic rings. The molecule has 0 aliphatic heterocycles. The Hall–Kier alpha value is -1.49. The fourth-order valence-electron chi connectivity index (χ4n) is 0.908. The van der Waals surface area contributed by atoms with Gasteiger partial charge in [0.2, 0.25) is 5.95 Å². The minimum atomic E-state index is -0.482. The van der Waals surface area contributed by atoms with Gasteiger partial charge in [-0.25, -0.2) is 15.0 Å². The van der Waals surface area contributed by atoms with Crippen molar-refractivity contribution in [2.75, 3.05) is 0 Å². The summed E-state index contributed by atoms with van der Waals surface area (Å²) in [4.78, 5) is 12.0. The molecule has 3 nitrogen and oxygen atoms in total. The van der Waals surface area contributed by atoms with Crippen molar-refractivity contribution >= 4 is 11.8 Å². The van der Waals surface area contributed by atoms with Crippen LogP contribution in [0.5, 0.6) is 0 Å². The van der Waals surface area contributed by atoms with Crippen molar-refractivity contribution in [3.63, 3.8) is 0 Å². The maximum Gasteiger partial charge on any atom is 0.213 e.